The van der Waals surface area contributed by atoms with Crippen LogP contribution in [-0.4, -0.2) is 47.1 Å². The van der Waals surface area contributed by atoms with Gasteiger partial charge in [-0.2, -0.15) is 0 Å². The molecule has 1 rings (SSSR count). The lowest BCUT2D eigenvalue weighted by Crippen LogP contribution is -2.27. The lowest BCUT2D eigenvalue weighted by Gasteiger charge is -2.04. The molecule has 0 fully saturated rings. The molecular weight excluding hydrogens is 238 g/mol. The van der Waals surface area contributed by atoms with Gasteiger partial charge in [0.25, 0.3) is 0 Å². The first-order valence-electron chi connectivity index (χ1n) is 5.68. The van der Waals surface area contributed by atoms with E-state index in [9.17, 15) is 9.59 Å². The van der Waals surface area contributed by atoms with E-state index in [1.165, 1.54) is 0 Å². The van der Waals surface area contributed by atoms with Crippen LogP contribution in [0.4, 0.5) is 0 Å². The molecular formula is C10H17N5O3. The number of hydrogen-bond donors (Lipinski definition) is 2. The molecule has 0 aliphatic heterocycles. The molecule has 18 heavy (non-hydrogen) atoms. The Labute approximate surface area is 105 Å². The Morgan fingerprint density at radius 1 is 1.61 bits per heavy atom. The Kier molecular flexibility index (Phi) is 6.41. The third-order valence-electron chi connectivity index (χ3n) is 2.04. The number of esters is 1. The summed E-state index contributed by atoms with van der Waals surface area (Å²) in [6, 6.07) is 0. The van der Waals surface area contributed by atoms with E-state index < -0.39 is 0 Å². The maximum absolute atomic E-state index is 11.0. The average molecular weight is 255 g/mol. The molecule has 2 N–H and O–H groups in total. The van der Waals surface area contributed by atoms with Crippen LogP contribution in [0.1, 0.15) is 12.6 Å². The van der Waals surface area contributed by atoms with Gasteiger partial charge in [-0.3, -0.25) is 14.3 Å². The summed E-state index contributed by atoms with van der Waals surface area (Å²) in [5.74, 6) is -0.271. The molecule has 100 valence electrons. The van der Waals surface area contributed by atoms with E-state index in [-0.39, 0.29) is 12.5 Å². The van der Waals surface area contributed by atoms with E-state index in [0.29, 0.717) is 38.3 Å². The molecule has 0 unspecified atom stereocenters. The van der Waals surface area contributed by atoms with Gasteiger partial charge in [0.2, 0.25) is 6.41 Å². The number of nitrogens with zero attached hydrogens (tertiary/aromatic N) is 3. The van der Waals surface area contributed by atoms with Crippen molar-refractivity contribution in [2.24, 2.45) is 0 Å². The van der Waals surface area contributed by atoms with E-state index in [2.05, 4.69) is 20.9 Å². The summed E-state index contributed by atoms with van der Waals surface area (Å²) in [5, 5.41) is 13.2. The van der Waals surface area contributed by atoms with Crippen LogP contribution in [-0.2, 0) is 27.4 Å². The fourth-order valence-electron chi connectivity index (χ4n) is 1.27. The van der Waals surface area contributed by atoms with Gasteiger partial charge in [0.05, 0.1) is 32.4 Å². The second-order valence-corrected chi connectivity index (χ2v) is 3.45. The molecule has 8 heteroatoms. The zero-order valence-electron chi connectivity index (χ0n) is 10.3. The standard InChI is InChI=1S/C10H17N5O3/c1-2-18-10(17)6-11-3-4-15-7-9(13-14-15)5-12-8-16/h7-8,11H,2-6H2,1H3,(H,12,16). The minimum absolute atomic E-state index is 0.183. The maximum atomic E-state index is 11.0. The number of rotatable bonds is 9. The SMILES string of the molecule is CCOC(=O)CNCCn1cc(CNC=O)nn1. The summed E-state index contributed by atoms with van der Waals surface area (Å²) in [5.41, 5.74) is 0.687. The van der Waals surface area contributed by atoms with E-state index in [1.807, 2.05) is 0 Å². The van der Waals surface area contributed by atoms with Crippen LogP contribution in [0.25, 0.3) is 0 Å². The van der Waals surface area contributed by atoms with Gasteiger partial charge >= 0.3 is 5.97 Å². The zero-order chi connectivity index (χ0) is 13.2. The molecule has 0 atom stereocenters. The summed E-state index contributed by atoms with van der Waals surface area (Å²) in [6.45, 7) is 3.87. The molecule has 0 saturated carbocycles. The summed E-state index contributed by atoms with van der Waals surface area (Å²) in [6.07, 6.45) is 2.35. The van der Waals surface area contributed by atoms with Gasteiger partial charge in [-0.1, -0.05) is 5.21 Å². The van der Waals surface area contributed by atoms with Crippen molar-refractivity contribution in [3.05, 3.63) is 11.9 Å². The first kappa shape index (κ1) is 14.1. The Morgan fingerprint density at radius 2 is 2.44 bits per heavy atom. The van der Waals surface area contributed by atoms with Crippen molar-refractivity contribution in [1.29, 1.82) is 0 Å². The minimum atomic E-state index is -0.271. The number of carbonyl (C=O) groups excluding carboxylic acids is 2. The van der Waals surface area contributed by atoms with E-state index in [4.69, 9.17) is 4.74 Å². The average Bonchev–Trinajstić information content (AvgIpc) is 2.80. The van der Waals surface area contributed by atoms with Gasteiger partial charge in [0, 0.05) is 6.54 Å². The molecule has 1 aromatic heterocycles. The van der Waals surface area contributed by atoms with Crippen molar-refractivity contribution < 1.29 is 14.3 Å². The first-order valence-corrected chi connectivity index (χ1v) is 5.68. The van der Waals surface area contributed by atoms with Crippen molar-refractivity contribution in [3.63, 3.8) is 0 Å². The topological polar surface area (TPSA) is 98.1 Å². The highest BCUT2D eigenvalue weighted by Gasteiger charge is 2.02. The predicted octanol–water partition coefficient (Wildman–Crippen LogP) is -1.32. The Hall–Kier alpha value is -1.96. The first-order chi connectivity index (χ1) is 8.76. The lowest BCUT2D eigenvalue weighted by atomic mass is 10.5. The van der Waals surface area contributed by atoms with Gasteiger partial charge in [-0.25, -0.2) is 0 Å². The van der Waals surface area contributed by atoms with Crippen LogP contribution in [0, 0.1) is 0 Å². The molecule has 1 heterocycles. The fourth-order valence-corrected chi connectivity index (χ4v) is 1.27. The number of carbonyl (C=O) groups is 2. The normalized spacial score (nSPS) is 10.1. The highest BCUT2D eigenvalue weighted by atomic mass is 16.5. The summed E-state index contributed by atoms with van der Waals surface area (Å²) < 4.78 is 6.40. The molecule has 0 aliphatic carbocycles. The van der Waals surface area contributed by atoms with E-state index in [1.54, 1.807) is 17.8 Å². The number of nitrogens with one attached hydrogen (secondary N) is 2. The number of ether oxygens (including phenoxy) is 1. The zero-order valence-corrected chi connectivity index (χ0v) is 10.3. The highest BCUT2D eigenvalue weighted by molar-refractivity contribution is 5.71. The molecule has 0 radical (unpaired) electrons. The van der Waals surface area contributed by atoms with Gasteiger partial charge in [0.15, 0.2) is 0 Å². The fraction of sp³-hybridized carbons (Fsp3) is 0.600. The minimum Gasteiger partial charge on any atom is -0.465 e. The quantitative estimate of drug-likeness (QED) is 0.322. The summed E-state index contributed by atoms with van der Waals surface area (Å²) >= 11 is 0. The second kappa shape index (κ2) is 8.18. The highest BCUT2D eigenvalue weighted by Crippen LogP contribution is 1.91. The van der Waals surface area contributed by atoms with Crippen LogP contribution in [0.2, 0.25) is 0 Å². The van der Waals surface area contributed by atoms with Crippen LogP contribution < -0.4 is 10.6 Å². The van der Waals surface area contributed by atoms with Gasteiger partial charge in [-0.05, 0) is 6.92 Å². The molecule has 1 amide bonds. The molecule has 0 aliphatic rings. The van der Waals surface area contributed by atoms with E-state index in [0.717, 1.165) is 0 Å². The van der Waals surface area contributed by atoms with E-state index >= 15 is 0 Å². The van der Waals surface area contributed by atoms with Gasteiger partial charge < -0.3 is 15.4 Å². The lowest BCUT2D eigenvalue weighted by molar-refractivity contribution is -0.142. The second-order valence-electron chi connectivity index (χ2n) is 3.45. The largest absolute Gasteiger partial charge is 0.465 e. The Bertz CT molecular complexity index is 379. The summed E-state index contributed by atoms with van der Waals surface area (Å²) in [7, 11) is 0. The molecule has 1 aromatic rings. The Balaban J connectivity index is 2.17. The van der Waals surface area contributed by atoms with Crippen molar-refractivity contribution in [2.75, 3.05) is 19.7 Å². The number of hydrogen-bond acceptors (Lipinski definition) is 6. The van der Waals surface area contributed by atoms with Crippen LogP contribution in [0.5, 0.6) is 0 Å². The van der Waals surface area contributed by atoms with Crippen LogP contribution in [0.3, 0.4) is 0 Å². The van der Waals surface area contributed by atoms with Gasteiger partial charge in [0.1, 0.15) is 5.69 Å². The van der Waals surface area contributed by atoms with Crippen molar-refractivity contribution in [3.8, 4) is 0 Å². The monoisotopic (exact) mass is 255 g/mol. The number of amides is 1. The Morgan fingerprint density at radius 3 is 3.17 bits per heavy atom. The van der Waals surface area contributed by atoms with Crippen molar-refractivity contribution >= 4 is 12.4 Å². The van der Waals surface area contributed by atoms with Crippen LogP contribution >= 0.6 is 0 Å². The number of aromatic nitrogens is 3. The molecule has 0 bridgehead atoms. The third-order valence-corrected chi connectivity index (χ3v) is 2.04. The smallest absolute Gasteiger partial charge is 0.319 e. The summed E-state index contributed by atoms with van der Waals surface area (Å²) in [4.78, 5) is 21.1. The molecule has 8 nitrogen and oxygen atoms in total. The third kappa shape index (κ3) is 5.39. The predicted molar refractivity (Wildman–Crippen MR) is 62.4 cm³/mol. The molecule has 0 aromatic carbocycles. The van der Waals surface area contributed by atoms with Crippen molar-refractivity contribution in [1.82, 2.24) is 25.6 Å². The van der Waals surface area contributed by atoms with Crippen molar-refractivity contribution in [2.45, 2.75) is 20.0 Å². The maximum Gasteiger partial charge on any atom is 0.319 e. The van der Waals surface area contributed by atoms with Gasteiger partial charge in [-0.15, -0.1) is 5.10 Å². The molecule has 0 spiro atoms. The van der Waals surface area contributed by atoms with Crippen LogP contribution in [0.15, 0.2) is 6.20 Å². The molecule has 0 saturated heterocycles.